The summed E-state index contributed by atoms with van der Waals surface area (Å²) in [5.74, 6) is 0.0631. The molecule has 26 heavy (non-hydrogen) atoms. The van der Waals surface area contributed by atoms with Crippen LogP contribution < -0.4 is 4.90 Å². The minimum atomic E-state index is -0.221. The fourth-order valence-electron chi connectivity index (χ4n) is 2.83. The van der Waals surface area contributed by atoms with Crippen LogP contribution in [0.5, 0.6) is 0 Å². The van der Waals surface area contributed by atoms with Gasteiger partial charge >= 0.3 is 0 Å². The van der Waals surface area contributed by atoms with Crippen LogP contribution in [0.4, 0.5) is 11.4 Å². The van der Waals surface area contributed by atoms with Gasteiger partial charge in [-0.2, -0.15) is 0 Å². The topological polar surface area (TPSA) is 33.5 Å². The van der Waals surface area contributed by atoms with Crippen LogP contribution in [0, 0.1) is 0 Å². The molecule has 1 heterocycles. The van der Waals surface area contributed by atoms with Crippen LogP contribution in [-0.4, -0.2) is 5.91 Å². The first-order valence-corrected chi connectivity index (χ1v) is 9.55. The van der Waals surface area contributed by atoms with Crippen molar-refractivity contribution in [2.24, 2.45) is 0 Å². The predicted octanol–water partition coefficient (Wildman–Crippen LogP) is 6.94. The Bertz CT molecular complexity index is 1040. The number of carbonyl (C=O) groups is 1. The molecule has 0 fully saturated rings. The molecule has 0 radical (unpaired) electrons. The molecule has 0 bridgehead atoms. The molecule has 0 aliphatic carbocycles. The van der Waals surface area contributed by atoms with E-state index in [4.69, 9.17) is 4.42 Å². The minimum Gasteiger partial charge on any atom is -0.450 e. The third-order valence-electron chi connectivity index (χ3n) is 3.98. The van der Waals surface area contributed by atoms with Crippen LogP contribution in [0.2, 0.25) is 0 Å². The van der Waals surface area contributed by atoms with E-state index in [2.05, 4.69) is 31.9 Å². The van der Waals surface area contributed by atoms with Gasteiger partial charge in [-0.25, -0.2) is 0 Å². The summed E-state index contributed by atoms with van der Waals surface area (Å²) in [6, 6.07) is 24.7. The highest BCUT2D eigenvalue weighted by molar-refractivity contribution is 9.11. The Kier molecular flexibility index (Phi) is 4.66. The van der Waals surface area contributed by atoms with E-state index in [1.54, 1.807) is 11.0 Å². The number of fused-ring (bicyclic) bond motifs is 1. The zero-order chi connectivity index (χ0) is 18.1. The highest BCUT2D eigenvalue weighted by Gasteiger charge is 2.23. The number of amides is 1. The quantitative estimate of drug-likeness (QED) is 0.325. The van der Waals surface area contributed by atoms with Crippen molar-refractivity contribution in [2.75, 3.05) is 4.90 Å². The number of para-hydroxylation sites is 2. The number of anilines is 2. The van der Waals surface area contributed by atoms with Gasteiger partial charge in [-0.15, -0.1) is 0 Å². The van der Waals surface area contributed by atoms with Crippen LogP contribution >= 0.6 is 31.9 Å². The fraction of sp³-hybridized carbons (Fsp3) is 0. The summed E-state index contributed by atoms with van der Waals surface area (Å²) >= 11 is 6.95. The number of carbonyl (C=O) groups excluding carboxylic acids is 1. The first-order chi connectivity index (χ1) is 12.6. The summed E-state index contributed by atoms with van der Waals surface area (Å²) in [5.41, 5.74) is 2.21. The monoisotopic (exact) mass is 469 g/mol. The molecule has 0 N–H and O–H groups in total. The Morgan fingerprint density at radius 3 is 1.96 bits per heavy atom. The van der Waals surface area contributed by atoms with E-state index in [-0.39, 0.29) is 11.7 Å². The maximum atomic E-state index is 13.3. The van der Waals surface area contributed by atoms with Crippen LogP contribution in [0.25, 0.3) is 11.0 Å². The average molecular weight is 471 g/mol. The summed E-state index contributed by atoms with van der Waals surface area (Å²) in [4.78, 5) is 15.0. The number of furan rings is 1. The van der Waals surface area contributed by atoms with Crippen molar-refractivity contribution in [3.63, 3.8) is 0 Å². The van der Waals surface area contributed by atoms with Gasteiger partial charge in [0.25, 0.3) is 5.91 Å². The first-order valence-electron chi connectivity index (χ1n) is 7.96. The second-order valence-electron chi connectivity index (χ2n) is 5.73. The summed E-state index contributed by atoms with van der Waals surface area (Å²) in [7, 11) is 0. The van der Waals surface area contributed by atoms with E-state index >= 15 is 0 Å². The van der Waals surface area contributed by atoms with E-state index in [1.807, 2.05) is 72.8 Å². The molecule has 0 saturated heterocycles. The molecule has 0 unspecified atom stereocenters. The summed E-state index contributed by atoms with van der Waals surface area (Å²) in [6.45, 7) is 0. The Hall–Kier alpha value is -2.37. The molecular formula is C21H13Br2NO2. The average Bonchev–Trinajstić information content (AvgIpc) is 3.08. The van der Waals surface area contributed by atoms with Gasteiger partial charge in [0.2, 0.25) is 0 Å². The third kappa shape index (κ3) is 3.20. The van der Waals surface area contributed by atoms with Crippen LogP contribution in [0.1, 0.15) is 10.6 Å². The highest BCUT2D eigenvalue weighted by atomic mass is 79.9. The molecule has 3 nitrogen and oxygen atoms in total. The fourth-order valence-corrected chi connectivity index (χ4v) is 4.17. The molecule has 4 rings (SSSR count). The zero-order valence-corrected chi connectivity index (χ0v) is 16.7. The predicted molar refractivity (Wildman–Crippen MR) is 111 cm³/mol. The zero-order valence-electron chi connectivity index (χ0n) is 13.5. The number of rotatable bonds is 3. The largest absolute Gasteiger partial charge is 0.450 e. The Balaban J connectivity index is 1.84. The van der Waals surface area contributed by atoms with Crippen molar-refractivity contribution in [3.05, 3.63) is 93.6 Å². The first kappa shape index (κ1) is 17.1. The van der Waals surface area contributed by atoms with Gasteiger partial charge in [0.15, 0.2) is 5.76 Å². The summed E-state index contributed by atoms with van der Waals surface area (Å²) in [6.07, 6.45) is 0. The Labute approximate surface area is 167 Å². The van der Waals surface area contributed by atoms with Crippen LogP contribution in [0.3, 0.4) is 0 Å². The van der Waals surface area contributed by atoms with Gasteiger partial charge in [0.05, 0.1) is 4.47 Å². The van der Waals surface area contributed by atoms with Gasteiger partial charge in [-0.3, -0.25) is 9.69 Å². The van der Waals surface area contributed by atoms with Crippen LogP contribution in [-0.2, 0) is 0 Å². The maximum absolute atomic E-state index is 13.3. The van der Waals surface area contributed by atoms with Crippen molar-refractivity contribution in [1.82, 2.24) is 0 Å². The number of benzene rings is 3. The number of hydrogen-bond acceptors (Lipinski definition) is 2. The Morgan fingerprint density at radius 2 is 1.38 bits per heavy atom. The van der Waals surface area contributed by atoms with E-state index in [9.17, 15) is 4.79 Å². The smallest absolute Gasteiger partial charge is 0.298 e. The van der Waals surface area contributed by atoms with Gasteiger partial charge in [0.1, 0.15) is 5.58 Å². The molecule has 5 heteroatoms. The van der Waals surface area contributed by atoms with Gasteiger partial charge in [-0.05, 0) is 58.4 Å². The van der Waals surface area contributed by atoms with E-state index in [0.717, 1.165) is 25.7 Å². The molecule has 1 aromatic heterocycles. The minimum absolute atomic E-state index is 0.221. The molecule has 1 amide bonds. The van der Waals surface area contributed by atoms with Crippen molar-refractivity contribution in [1.29, 1.82) is 0 Å². The van der Waals surface area contributed by atoms with E-state index < -0.39 is 0 Å². The molecule has 3 aromatic carbocycles. The number of nitrogens with zero attached hydrogens (tertiary/aromatic N) is 1. The van der Waals surface area contributed by atoms with Gasteiger partial charge in [0, 0.05) is 21.2 Å². The SMILES string of the molecule is O=C(c1cc2cc(Br)cc(Br)c2o1)N(c1ccccc1)c1ccccc1. The standard InChI is InChI=1S/C21H13Br2NO2/c22-15-11-14-12-19(26-20(14)18(23)13-15)21(25)24(16-7-3-1-4-8-16)17-9-5-2-6-10-17/h1-13H. The molecule has 0 atom stereocenters. The molecule has 0 aliphatic heterocycles. The lowest BCUT2D eigenvalue weighted by molar-refractivity contribution is 0.0975. The summed E-state index contributed by atoms with van der Waals surface area (Å²) in [5, 5.41) is 0.857. The van der Waals surface area contributed by atoms with Crippen molar-refractivity contribution in [3.8, 4) is 0 Å². The number of hydrogen-bond donors (Lipinski definition) is 0. The van der Waals surface area contributed by atoms with Crippen LogP contribution in [0.15, 0.2) is 92.2 Å². The lowest BCUT2D eigenvalue weighted by atomic mass is 10.2. The van der Waals surface area contributed by atoms with Crippen molar-refractivity contribution >= 4 is 60.1 Å². The molecule has 0 spiro atoms. The van der Waals surface area contributed by atoms with E-state index in [0.29, 0.717) is 5.58 Å². The second-order valence-corrected chi connectivity index (χ2v) is 7.50. The van der Waals surface area contributed by atoms with Gasteiger partial charge in [-0.1, -0.05) is 52.3 Å². The molecular weight excluding hydrogens is 458 g/mol. The molecule has 0 aliphatic rings. The molecule has 128 valence electrons. The van der Waals surface area contributed by atoms with Crippen molar-refractivity contribution < 1.29 is 9.21 Å². The number of halogens is 2. The highest BCUT2D eigenvalue weighted by Crippen LogP contribution is 2.33. The van der Waals surface area contributed by atoms with Gasteiger partial charge < -0.3 is 4.42 Å². The second kappa shape index (κ2) is 7.09. The lowest BCUT2D eigenvalue weighted by Gasteiger charge is -2.21. The Morgan fingerprint density at radius 1 is 0.808 bits per heavy atom. The molecule has 0 saturated carbocycles. The van der Waals surface area contributed by atoms with Crippen molar-refractivity contribution in [2.45, 2.75) is 0 Å². The van der Waals surface area contributed by atoms with E-state index in [1.165, 1.54) is 0 Å². The summed E-state index contributed by atoms with van der Waals surface area (Å²) < 4.78 is 7.60. The molecule has 4 aromatic rings. The normalized spacial score (nSPS) is 10.8. The maximum Gasteiger partial charge on any atom is 0.298 e. The lowest BCUT2D eigenvalue weighted by Crippen LogP contribution is -2.25. The third-order valence-corrected chi connectivity index (χ3v) is 5.03.